The van der Waals surface area contributed by atoms with Gasteiger partial charge in [0.15, 0.2) is 0 Å². The Kier molecular flexibility index (Phi) is 11.2. The van der Waals surface area contributed by atoms with Gasteiger partial charge in [-0.1, -0.05) is 43.7 Å². The molecule has 1 aliphatic carbocycles. The van der Waals surface area contributed by atoms with Gasteiger partial charge in [-0.3, -0.25) is 14.3 Å². The van der Waals surface area contributed by atoms with E-state index in [0.717, 1.165) is 19.3 Å². The molecule has 1 N–H and O–H groups in total. The van der Waals surface area contributed by atoms with Crippen LogP contribution in [0, 0.1) is 11.8 Å². The maximum atomic E-state index is 13.9. The summed E-state index contributed by atoms with van der Waals surface area (Å²) in [7, 11) is -2.08. The molecule has 0 aromatic heterocycles. The molecule has 5 rings (SSSR count). The highest BCUT2D eigenvalue weighted by molar-refractivity contribution is 7.92. The molecule has 3 aliphatic rings. The number of fused-ring (bicyclic) bond motifs is 3. The number of benzene rings is 2. The summed E-state index contributed by atoms with van der Waals surface area (Å²) < 4.78 is 70.7. The maximum Gasteiger partial charge on any atom is 0.389 e. The van der Waals surface area contributed by atoms with E-state index in [0.29, 0.717) is 42.6 Å². The maximum absolute atomic E-state index is 13.9. The Morgan fingerprint density at radius 2 is 2.00 bits per heavy atom. The zero-order valence-electron chi connectivity index (χ0n) is 27.5. The number of carbonyl (C=O) groups excluding carboxylic acids is 2. The molecule has 2 aromatic carbocycles. The Balaban J connectivity index is 1.57. The van der Waals surface area contributed by atoms with Crippen LogP contribution in [0.15, 0.2) is 52.9 Å². The number of hydrogen-bond acceptors (Lipinski definition) is 6. The van der Waals surface area contributed by atoms with Crippen molar-refractivity contribution < 1.29 is 36.4 Å². The molecule has 0 saturated heterocycles. The van der Waals surface area contributed by atoms with E-state index in [-0.39, 0.29) is 41.1 Å². The van der Waals surface area contributed by atoms with Crippen molar-refractivity contribution in [3.63, 3.8) is 0 Å². The smallest absolute Gasteiger partial charge is 0.389 e. The van der Waals surface area contributed by atoms with Gasteiger partial charge in [0.1, 0.15) is 15.7 Å². The summed E-state index contributed by atoms with van der Waals surface area (Å²) in [6.07, 6.45) is 0.284. The van der Waals surface area contributed by atoms with Crippen LogP contribution in [-0.2, 0) is 31.3 Å². The van der Waals surface area contributed by atoms with Crippen molar-refractivity contribution >= 4 is 39.0 Å². The monoisotopic (exact) mass is 709 g/mol. The van der Waals surface area contributed by atoms with Crippen molar-refractivity contribution in [1.82, 2.24) is 4.72 Å². The van der Waals surface area contributed by atoms with Crippen LogP contribution in [0.2, 0.25) is 5.02 Å². The topological polar surface area (TPSA) is 97.3 Å². The number of anilines is 1. The second kappa shape index (κ2) is 14.8. The molecule has 1 unspecified atom stereocenters. The summed E-state index contributed by atoms with van der Waals surface area (Å²) in [5.41, 5.74) is 2.87. The molecule has 48 heavy (non-hydrogen) atoms. The van der Waals surface area contributed by atoms with Gasteiger partial charge in [-0.05, 0) is 85.4 Å². The molecule has 2 amide bonds. The summed E-state index contributed by atoms with van der Waals surface area (Å²) in [6, 6.07) is 11.0. The third-order valence-electron chi connectivity index (χ3n) is 9.74. The average molecular weight is 710 g/mol. The highest BCUT2D eigenvalue weighted by atomic mass is 35.5. The number of rotatable bonds is 4. The lowest BCUT2D eigenvalue weighted by Crippen LogP contribution is -2.47. The predicted octanol–water partition coefficient (Wildman–Crippen LogP) is 7.43. The number of hydrogen-bond donors (Lipinski definition) is 1. The molecule has 0 radical (unpaired) electrons. The van der Waals surface area contributed by atoms with E-state index < -0.39 is 40.7 Å². The Hall–Kier alpha value is -3.09. The number of ether oxygens (including phenoxy) is 2. The van der Waals surface area contributed by atoms with Gasteiger partial charge in [0, 0.05) is 42.6 Å². The quantitative estimate of drug-likeness (QED) is 0.332. The Morgan fingerprint density at radius 3 is 2.75 bits per heavy atom. The van der Waals surface area contributed by atoms with E-state index >= 15 is 0 Å². The zero-order valence-corrected chi connectivity index (χ0v) is 29.1. The highest BCUT2D eigenvalue weighted by Crippen LogP contribution is 2.45. The molecule has 1 spiro atoms. The highest BCUT2D eigenvalue weighted by Gasteiger charge is 2.42. The SMILES string of the molecule is CO[C@H]1/C=C\CCCS(=O)(NC(=O)CCC(F)(F)F)=NC(=O)c2ccc3c(c2)N(C[C@H](C)[C@H]1C)C[C@@]1(CCCc2cc(Cl)ccc21)CO3. The van der Waals surface area contributed by atoms with Crippen LogP contribution in [0.4, 0.5) is 18.9 Å². The van der Waals surface area contributed by atoms with E-state index in [2.05, 4.69) is 33.9 Å². The number of allylic oxidation sites excluding steroid dienone is 1. The minimum Gasteiger partial charge on any atom is -0.490 e. The van der Waals surface area contributed by atoms with E-state index in [1.165, 1.54) is 11.1 Å². The second-order valence-electron chi connectivity index (χ2n) is 13.3. The lowest BCUT2D eigenvalue weighted by Gasteiger charge is -2.42. The van der Waals surface area contributed by atoms with E-state index in [1.54, 1.807) is 25.3 Å². The minimum absolute atomic E-state index is 0.0946. The fourth-order valence-electron chi connectivity index (χ4n) is 6.97. The minimum atomic E-state index is -4.56. The second-order valence-corrected chi connectivity index (χ2v) is 15.8. The van der Waals surface area contributed by atoms with Crippen molar-refractivity contribution in [1.29, 1.82) is 0 Å². The molecular formula is C35H43ClF3N3O5S. The van der Waals surface area contributed by atoms with Gasteiger partial charge in [0.2, 0.25) is 5.91 Å². The van der Waals surface area contributed by atoms with Gasteiger partial charge >= 0.3 is 6.18 Å². The fraction of sp³-hybridized carbons (Fsp3) is 0.543. The lowest BCUT2D eigenvalue weighted by molar-refractivity contribution is -0.143. The van der Waals surface area contributed by atoms with Crippen molar-refractivity contribution in [2.24, 2.45) is 16.2 Å². The first-order chi connectivity index (χ1) is 22.7. The molecule has 5 atom stereocenters. The van der Waals surface area contributed by atoms with Crippen LogP contribution >= 0.6 is 11.6 Å². The summed E-state index contributed by atoms with van der Waals surface area (Å²) in [4.78, 5) is 28.3. The zero-order chi connectivity index (χ0) is 34.7. The van der Waals surface area contributed by atoms with Gasteiger partial charge in [0.25, 0.3) is 5.91 Å². The summed E-state index contributed by atoms with van der Waals surface area (Å²) in [5, 5.41) is 0.690. The van der Waals surface area contributed by atoms with E-state index in [1.807, 2.05) is 24.3 Å². The Morgan fingerprint density at radius 1 is 1.21 bits per heavy atom. The summed E-state index contributed by atoms with van der Waals surface area (Å²) in [6.45, 7) is 5.98. The number of alkyl halides is 3. The first-order valence-electron chi connectivity index (χ1n) is 16.4. The van der Waals surface area contributed by atoms with Crippen LogP contribution < -0.4 is 14.4 Å². The van der Waals surface area contributed by atoms with Crippen LogP contribution in [0.1, 0.15) is 73.9 Å². The molecule has 8 nitrogen and oxygen atoms in total. The number of aryl methyl sites for hydroxylation is 1. The molecule has 2 bridgehead atoms. The fourth-order valence-corrected chi connectivity index (χ4v) is 8.79. The molecule has 13 heteroatoms. The number of nitrogens with one attached hydrogen (secondary N) is 1. The van der Waals surface area contributed by atoms with Crippen LogP contribution in [0.5, 0.6) is 5.75 Å². The first kappa shape index (κ1) is 36.2. The number of amides is 2. The third kappa shape index (κ3) is 8.55. The van der Waals surface area contributed by atoms with Crippen molar-refractivity contribution in [2.75, 3.05) is 37.5 Å². The molecule has 2 aromatic rings. The van der Waals surface area contributed by atoms with Gasteiger partial charge in [0.05, 0.1) is 30.6 Å². The normalized spacial score (nSPS) is 28.9. The van der Waals surface area contributed by atoms with Crippen molar-refractivity contribution in [3.05, 3.63) is 70.3 Å². The number of methoxy groups -OCH3 is 1. The number of halogens is 4. The Labute approximate surface area is 285 Å². The summed E-state index contributed by atoms with van der Waals surface area (Å²) in [5.74, 6) is -1.29. The Bertz CT molecular complexity index is 1670. The van der Waals surface area contributed by atoms with E-state index in [4.69, 9.17) is 21.1 Å². The molecule has 262 valence electrons. The third-order valence-corrected chi connectivity index (χ3v) is 11.8. The van der Waals surface area contributed by atoms with Gasteiger partial charge in [-0.25, -0.2) is 4.21 Å². The van der Waals surface area contributed by atoms with Crippen LogP contribution in [0.3, 0.4) is 0 Å². The molecular weight excluding hydrogens is 667 g/mol. The first-order valence-corrected chi connectivity index (χ1v) is 18.4. The summed E-state index contributed by atoms with van der Waals surface area (Å²) >= 11 is 6.39. The van der Waals surface area contributed by atoms with Gasteiger partial charge in [-0.15, -0.1) is 4.36 Å². The van der Waals surface area contributed by atoms with Gasteiger partial charge in [-0.2, -0.15) is 13.2 Å². The molecule has 0 saturated carbocycles. The largest absolute Gasteiger partial charge is 0.490 e. The molecule has 2 aliphatic heterocycles. The van der Waals surface area contributed by atoms with Crippen LogP contribution in [-0.4, -0.2) is 60.9 Å². The predicted molar refractivity (Wildman–Crippen MR) is 181 cm³/mol. The lowest BCUT2D eigenvalue weighted by atomic mass is 9.70. The number of nitrogens with zero attached hydrogens (tertiary/aromatic N) is 2. The van der Waals surface area contributed by atoms with E-state index in [9.17, 15) is 27.0 Å². The van der Waals surface area contributed by atoms with Crippen LogP contribution in [0.25, 0.3) is 0 Å². The standard InChI is InChI=1S/C35H43ClF3N3O5S/c1-23-20-42-21-34(15-7-8-25-18-27(36)11-12-28(25)34)22-47-31-13-10-26(19-29(31)42)33(44)41-48(45,40-32(43)14-16-35(37,38)39)17-6-4-5-9-30(46-3)24(23)2/h5,9-13,18-19,23-24,30H,4,6-8,14-17,20-22H2,1-3H3,(H,40,41,43,44,45)/b9-5-/t23-,24+,30-,34-,48?/m0/s1. The average Bonchev–Trinajstić information content (AvgIpc) is 3.17. The molecule has 2 heterocycles. The molecule has 0 fully saturated rings. The van der Waals surface area contributed by atoms with Gasteiger partial charge < -0.3 is 14.4 Å². The van der Waals surface area contributed by atoms with Crippen molar-refractivity contribution in [3.8, 4) is 5.75 Å². The van der Waals surface area contributed by atoms with Crippen molar-refractivity contribution in [2.45, 2.75) is 76.5 Å². The number of carbonyl (C=O) groups is 2.